The standard InChI is InChI=1S/C18H16N4OS/c1-11-20-21-17-10-19-18(12-3-6-14(24)7-4-12)15-9-13(23-2)5-8-16(15)22(11)17/h3-9,24H,10H2,1-2H3. The first-order chi connectivity index (χ1) is 11.7. The molecule has 0 radical (unpaired) electrons. The lowest BCUT2D eigenvalue weighted by atomic mass is 10.00. The molecular weight excluding hydrogens is 320 g/mol. The quantitative estimate of drug-likeness (QED) is 0.731. The summed E-state index contributed by atoms with van der Waals surface area (Å²) in [6.07, 6.45) is 0. The third-order valence-electron chi connectivity index (χ3n) is 4.11. The molecule has 3 aromatic rings. The predicted octanol–water partition coefficient (Wildman–Crippen LogP) is 3.22. The Morgan fingerprint density at radius 2 is 1.88 bits per heavy atom. The number of fused-ring (bicyclic) bond motifs is 3. The van der Waals surface area contributed by atoms with Gasteiger partial charge in [0.05, 0.1) is 18.5 Å². The van der Waals surface area contributed by atoms with Gasteiger partial charge in [-0.2, -0.15) is 0 Å². The van der Waals surface area contributed by atoms with Crippen molar-refractivity contribution in [3.8, 4) is 11.4 Å². The van der Waals surface area contributed by atoms with E-state index in [1.165, 1.54) is 0 Å². The van der Waals surface area contributed by atoms with Crippen molar-refractivity contribution >= 4 is 18.3 Å². The number of nitrogens with zero attached hydrogens (tertiary/aromatic N) is 4. The molecule has 24 heavy (non-hydrogen) atoms. The number of aliphatic imine (C=N–C) groups is 1. The molecule has 0 unspecified atom stereocenters. The van der Waals surface area contributed by atoms with Crippen LogP contribution in [0.2, 0.25) is 0 Å². The van der Waals surface area contributed by atoms with Crippen molar-refractivity contribution in [1.29, 1.82) is 0 Å². The third-order valence-corrected chi connectivity index (χ3v) is 4.41. The van der Waals surface area contributed by atoms with E-state index in [9.17, 15) is 0 Å². The minimum absolute atomic E-state index is 0.482. The first-order valence-electron chi connectivity index (χ1n) is 7.61. The predicted molar refractivity (Wildman–Crippen MR) is 95.7 cm³/mol. The second kappa shape index (κ2) is 5.79. The van der Waals surface area contributed by atoms with Gasteiger partial charge in [0.15, 0.2) is 5.82 Å². The van der Waals surface area contributed by atoms with E-state index in [-0.39, 0.29) is 0 Å². The number of hydrogen-bond acceptors (Lipinski definition) is 5. The van der Waals surface area contributed by atoms with Crippen LogP contribution < -0.4 is 4.74 Å². The van der Waals surface area contributed by atoms with Gasteiger partial charge in [-0.1, -0.05) is 12.1 Å². The average Bonchev–Trinajstić information content (AvgIpc) is 2.88. The summed E-state index contributed by atoms with van der Waals surface area (Å²) in [6.45, 7) is 2.43. The second-order valence-corrected chi connectivity index (χ2v) is 6.11. The molecule has 0 spiro atoms. The van der Waals surface area contributed by atoms with Gasteiger partial charge in [0, 0.05) is 16.0 Å². The molecule has 0 bridgehead atoms. The summed E-state index contributed by atoms with van der Waals surface area (Å²) in [6, 6.07) is 14.0. The molecule has 5 nitrogen and oxygen atoms in total. The van der Waals surface area contributed by atoms with Gasteiger partial charge in [-0.3, -0.25) is 9.56 Å². The highest BCUT2D eigenvalue weighted by Gasteiger charge is 2.22. The number of aryl methyl sites for hydroxylation is 1. The van der Waals surface area contributed by atoms with Crippen molar-refractivity contribution in [1.82, 2.24) is 14.8 Å². The summed E-state index contributed by atoms with van der Waals surface area (Å²) in [5.41, 5.74) is 3.98. The molecule has 0 atom stereocenters. The first kappa shape index (κ1) is 15.0. The molecule has 0 saturated heterocycles. The molecule has 0 saturated carbocycles. The van der Waals surface area contributed by atoms with E-state index in [1.807, 2.05) is 49.4 Å². The summed E-state index contributed by atoms with van der Waals surface area (Å²) in [7, 11) is 1.67. The maximum atomic E-state index is 5.42. The van der Waals surface area contributed by atoms with E-state index in [0.717, 1.165) is 44.8 Å². The molecule has 0 fully saturated rings. The van der Waals surface area contributed by atoms with Gasteiger partial charge in [-0.25, -0.2) is 0 Å². The third kappa shape index (κ3) is 2.39. The molecule has 0 amide bonds. The lowest BCUT2D eigenvalue weighted by Gasteiger charge is -2.14. The van der Waals surface area contributed by atoms with E-state index >= 15 is 0 Å². The van der Waals surface area contributed by atoms with E-state index in [1.54, 1.807) is 7.11 Å². The summed E-state index contributed by atoms with van der Waals surface area (Å²) >= 11 is 4.37. The zero-order valence-electron chi connectivity index (χ0n) is 13.4. The van der Waals surface area contributed by atoms with Crippen LogP contribution in [0.5, 0.6) is 5.75 Å². The molecule has 4 rings (SSSR count). The largest absolute Gasteiger partial charge is 0.497 e. The van der Waals surface area contributed by atoms with Crippen LogP contribution in [0.4, 0.5) is 0 Å². The summed E-state index contributed by atoms with van der Waals surface area (Å²) in [5, 5.41) is 8.46. The smallest absolute Gasteiger partial charge is 0.159 e. The highest BCUT2D eigenvalue weighted by molar-refractivity contribution is 7.80. The fourth-order valence-corrected chi connectivity index (χ4v) is 3.10. The Morgan fingerprint density at radius 3 is 2.62 bits per heavy atom. The van der Waals surface area contributed by atoms with E-state index in [0.29, 0.717) is 6.54 Å². The molecule has 1 aliphatic heterocycles. The highest BCUT2D eigenvalue weighted by atomic mass is 32.1. The van der Waals surface area contributed by atoms with Crippen molar-refractivity contribution in [2.45, 2.75) is 18.4 Å². The first-order valence-corrected chi connectivity index (χ1v) is 8.05. The molecular formula is C18H16N4OS. The van der Waals surface area contributed by atoms with Crippen molar-refractivity contribution < 1.29 is 4.74 Å². The fraction of sp³-hybridized carbons (Fsp3) is 0.167. The zero-order valence-corrected chi connectivity index (χ0v) is 14.3. The van der Waals surface area contributed by atoms with Gasteiger partial charge in [0.2, 0.25) is 0 Å². The fourth-order valence-electron chi connectivity index (χ4n) is 2.95. The van der Waals surface area contributed by atoms with Gasteiger partial charge >= 0.3 is 0 Å². The summed E-state index contributed by atoms with van der Waals surface area (Å²) < 4.78 is 7.47. The monoisotopic (exact) mass is 336 g/mol. The van der Waals surface area contributed by atoms with Gasteiger partial charge in [-0.15, -0.1) is 22.8 Å². The molecule has 0 aliphatic carbocycles. The van der Waals surface area contributed by atoms with Gasteiger partial charge in [-0.05, 0) is 37.3 Å². The Bertz CT molecular complexity index is 944. The zero-order chi connectivity index (χ0) is 16.7. The highest BCUT2D eigenvalue weighted by Crippen LogP contribution is 2.29. The Balaban J connectivity index is 1.97. The minimum Gasteiger partial charge on any atom is -0.497 e. The Morgan fingerprint density at radius 1 is 1.08 bits per heavy atom. The van der Waals surface area contributed by atoms with Gasteiger partial charge in [0.25, 0.3) is 0 Å². The van der Waals surface area contributed by atoms with Gasteiger partial charge < -0.3 is 4.74 Å². The number of aromatic nitrogens is 3. The van der Waals surface area contributed by atoms with Crippen LogP contribution in [0.25, 0.3) is 5.69 Å². The topological polar surface area (TPSA) is 52.3 Å². The lowest BCUT2D eigenvalue weighted by Crippen LogP contribution is -2.08. The molecule has 1 aromatic heterocycles. The number of thiol groups is 1. The van der Waals surface area contributed by atoms with E-state index < -0.39 is 0 Å². The SMILES string of the molecule is COc1ccc2c(c1)C(c1ccc(S)cc1)=NCc1nnc(C)n1-2. The van der Waals surface area contributed by atoms with Crippen molar-refractivity contribution in [3.05, 3.63) is 65.2 Å². The van der Waals surface area contributed by atoms with Gasteiger partial charge in [0.1, 0.15) is 18.1 Å². The van der Waals surface area contributed by atoms with Crippen LogP contribution in [0.15, 0.2) is 52.4 Å². The van der Waals surface area contributed by atoms with Crippen molar-refractivity contribution in [3.63, 3.8) is 0 Å². The number of rotatable bonds is 2. The van der Waals surface area contributed by atoms with Crippen LogP contribution >= 0.6 is 12.6 Å². The van der Waals surface area contributed by atoms with Crippen LogP contribution in [0, 0.1) is 6.92 Å². The maximum absolute atomic E-state index is 5.42. The molecule has 120 valence electrons. The molecule has 0 N–H and O–H groups in total. The molecule has 1 aliphatic rings. The number of hydrogen-bond donors (Lipinski definition) is 1. The Labute approximate surface area is 145 Å². The van der Waals surface area contributed by atoms with Crippen LogP contribution in [-0.2, 0) is 6.54 Å². The Hall–Kier alpha value is -2.60. The normalized spacial score (nSPS) is 12.9. The molecule has 6 heteroatoms. The van der Waals surface area contributed by atoms with Crippen LogP contribution in [-0.4, -0.2) is 27.6 Å². The summed E-state index contributed by atoms with van der Waals surface area (Å²) in [4.78, 5) is 5.73. The van der Waals surface area contributed by atoms with Crippen LogP contribution in [0.1, 0.15) is 22.8 Å². The minimum atomic E-state index is 0.482. The van der Waals surface area contributed by atoms with E-state index in [4.69, 9.17) is 9.73 Å². The van der Waals surface area contributed by atoms with E-state index in [2.05, 4.69) is 27.4 Å². The van der Waals surface area contributed by atoms with Crippen molar-refractivity contribution in [2.75, 3.05) is 7.11 Å². The second-order valence-electron chi connectivity index (χ2n) is 5.59. The maximum Gasteiger partial charge on any atom is 0.159 e. The summed E-state index contributed by atoms with van der Waals surface area (Å²) in [5.74, 6) is 2.47. The molecule has 2 aromatic carbocycles. The van der Waals surface area contributed by atoms with Crippen molar-refractivity contribution in [2.24, 2.45) is 4.99 Å². The van der Waals surface area contributed by atoms with Crippen LogP contribution in [0.3, 0.4) is 0 Å². The number of methoxy groups -OCH3 is 1. The lowest BCUT2D eigenvalue weighted by molar-refractivity contribution is 0.414. The molecule has 2 heterocycles. The Kier molecular flexibility index (Phi) is 3.61. The number of benzene rings is 2. The number of ether oxygens (including phenoxy) is 1. The average molecular weight is 336 g/mol.